The fraction of sp³-hybridized carbons (Fsp3) is 0.222. The Kier molecular flexibility index (Phi) is 8.17. The zero-order valence-corrected chi connectivity index (χ0v) is 26.6. The molecule has 1 unspecified atom stereocenters. The van der Waals surface area contributed by atoms with E-state index in [9.17, 15) is 24.0 Å². The number of benzene rings is 3. The van der Waals surface area contributed by atoms with Crippen LogP contribution in [0.3, 0.4) is 0 Å². The summed E-state index contributed by atoms with van der Waals surface area (Å²) < 4.78 is 11.1. The first-order chi connectivity index (χ1) is 23.3. The molecule has 0 bridgehead atoms. The molecule has 7 rings (SSSR count). The molecule has 0 saturated carbocycles. The minimum Gasteiger partial charge on any atom is -0.464 e. The molecule has 2 heterocycles. The second-order valence-electron chi connectivity index (χ2n) is 11.6. The standard InChI is InChI=1S/C36H30N4O7S/c1-2-46-34(44)36(18-48-32-29(36)30(41)25-13-7-8-14-26(25)31(32)42)40-33(43)28(15-20-16-37-19-38-20)39-35(45)47-17-27-23-11-5-3-9-21(23)22-10-4-6-12-24(22)27/h3-14,16,19,27-28H,2,15,17-18H2,1H3,(H,37,38)(H,39,45)(H,40,43)/t28-,36?/m0/s1. The average Bonchev–Trinajstić information content (AvgIpc) is 3.83. The molecule has 4 aromatic rings. The van der Waals surface area contributed by atoms with Crippen LogP contribution in [0, 0.1) is 0 Å². The number of esters is 1. The highest BCUT2D eigenvalue weighted by atomic mass is 32.2. The van der Waals surface area contributed by atoms with Gasteiger partial charge in [0.25, 0.3) is 0 Å². The molecular weight excluding hydrogens is 632 g/mol. The van der Waals surface area contributed by atoms with Crippen LogP contribution in [0.1, 0.15) is 50.4 Å². The van der Waals surface area contributed by atoms with Crippen LogP contribution in [-0.2, 0) is 25.5 Å². The summed E-state index contributed by atoms with van der Waals surface area (Å²) in [5.74, 6) is -2.95. The van der Waals surface area contributed by atoms with E-state index in [-0.39, 0.29) is 52.9 Å². The number of aromatic amines is 1. The van der Waals surface area contributed by atoms with E-state index >= 15 is 0 Å². The average molecular weight is 663 g/mol. The van der Waals surface area contributed by atoms with Gasteiger partial charge >= 0.3 is 12.1 Å². The molecule has 2 amide bonds. The minimum atomic E-state index is -1.97. The van der Waals surface area contributed by atoms with Gasteiger partial charge in [-0.05, 0) is 29.2 Å². The molecule has 0 saturated heterocycles. The summed E-state index contributed by atoms with van der Waals surface area (Å²) in [6, 6.07) is 21.0. The van der Waals surface area contributed by atoms with Gasteiger partial charge in [-0.2, -0.15) is 0 Å². The highest BCUT2D eigenvalue weighted by Gasteiger charge is 2.57. The van der Waals surface area contributed by atoms with Crippen LogP contribution in [-0.4, -0.2) is 70.1 Å². The quantitative estimate of drug-likeness (QED) is 0.222. The molecule has 3 aliphatic rings. The number of nitrogens with zero attached hydrogens (tertiary/aromatic N) is 1. The number of carbonyl (C=O) groups is 5. The van der Waals surface area contributed by atoms with Crippen molar-refractivity contribution in [1.29, 1.82) is 0 Å². The van der Waals surface area contributed by atoms with E-state index in [2.05, 4.69) is 20.6 Å². The van der Waals surface area contributed by atoms with Gasteiger partial charge in [-0.3, -0.25) is 14.4 Å². The SMILES string of the molecule is CCOC(=O)C1(NC(=O)[C@H](Cc2cnc[nH]2)NC(=O)OCC2c3ccccc3-c3ccccc32)CSC2=C1C(=O)c1ccccc1C2=O. The van der Waals surface area contributed by atoms with Crippen LogP contribution in [0.5, 0.6) is 0 Å². The number of nitrogens with one attached hydrogen (secondary N) is 3. The monoisotopic (exact) mass is 662 g/mol. The summed E-state index contributed by atoms with van der Waals surface area (Å²) in [6.07, 6.45) is 2.06. The molecule has 1 aliphatic heterocycles. The van der Waals surface area contributed by atoms with Gasteiger partial charge in [0.2, 0.25) is 11.7 Å². The summed E-state index contributed by atoms with van der Waals surface area (Å²) in [6.45, 7) is 1.60. The van der Waals surface area contributed by atoms with Crippen molar-refractivity contribution in [3.05, 3.63) is 124 Å². The van der Waals surface area contributed by atoms with E-state index in [0.717, 1.165) is 34.0 Å². The lowest BCUT2D eigenvalue weighted by molar-refractivity contribution is -0.150. The maximum atomic E-state index is 14.1. The van der Waals surface area contributed by atoms with Gasteiger partial charge in [0.05, 0.1) is 23.4 Å². The van der Waals surface area contributed by atoms with Gasteiger partial charge in [-0.25, -0.2) is 14.6 Å². The number of amides is 2. The number of allylic oxidation sites excluding steroid dienone is 1. The summed E-state index contributed by atoms with van der Waals surface area (Å²) in [7, 11) is 0. The number of hydrogen-bond acceptors (Lipinski definition) is 9. The van der Waals surface area contributed by atoms with Crippen molar-refractivity contribution in [1.82, 2.24) is 20.6 Å². The van der Waals surface area contributed by atoms with Crippen LogP contribution in [0.4, 0.5) is 4.79 Å². The van der Waals surface area contributed by atoms with Gasteiger partial charge in [-0.15, -0.1) is 11.8 Å². The molecule has 0 spiro atoms. The summed E-state index contributed by atoms with van der Waals surface area (Å²) in [5, 5.41) is 5.38. The fourth-order valence-electron chi connectivity index (χ4n) is 6.60. The number of ketones is 2. The zero-order valence-electron chi connectivity index (χ0n) is 25.8. The number of alkyl carbamates (subject to hydrolysis) is 1. The topological polar surface area (TPSA) is 157 Å². The zero-order chi connectivity index (χ0) is 33.4. The lowest BCUT2D eigenvalue weighted by Gasteiger charge is -2.32. The van der Waals surface area contributed by atoms with Crippen molar-refractivity contribution in [2.45, 2.75) is 30.8 Å². The number of imidazole rings is 1. The minimum absolute atomic E-state index is 0.0218. The van der Waals surface area contributed by atoms with Crippen LogP contribution in [0.25, 0.3) is 11.1 Å². The molecule has 242 valence electrons. The van der Waals surface area contributed by atoms with Crippen molar-refractivity contribution in [3.63, 3.8) is 0 Å². The molecular formula is C36H30N4O7S. The lowest BCUT2D eigenvalue weighted by Crippen LogP contribution is -2.63. The number of thioether (sulfide) groups is 1. The number of rotatable bonds is 9. The molecule has 3 N–H and O–H groups in total. The third kappa shape index (κ3) is 5.27. The van der Waals surface area contributed by atoms with Gasteiger partial charge in [-0.1, -0.05) is 72.8 Å². The number of carbonyl (C=O) groups excluding carboxylic acids is 5. The Morgan fingerprint density at radius 2 is 1.54 bits per heavy atom. The molecule has 2 aliphatic carbocycles. The first kappa shape index (κ1) is 31.1. The lowest BCUT2D eigenvalue weighted by atomic mass is 9.79. The van der Waals surface area contributed by atoms with Crippen LogP contribution < -0.4 is 10.6 Å². The van der Waals surface area contributed by atoms with Gasteiger partial charge in [0.15, 0.2) is 11.3 Å². The van der Waals surface area contributed by atoms with Crippen molar-refractivity contribution >= 4 is 41.3 Å². The normalized spacial score (nSPS) is 18.4. The Morgan fingerprint density at radius 3 is 2.17 bits per heavy atom. The van der Waals surface area contributed by atoms with E-state index < -0.39 is 41.1 Å². The Bertz CT molecular complexity index is 1960. The van der Waals surface area contributed by atoms with E-state index in [4.69, 9.17) is 9.47 Å². The number of hydrogen-bond donors (Lipinski definition) is 3. The molecule has 48 heavy (non-hydrogen) atoms. The smallest absolute Gasteiger partial charge is 0.407 e. The second-order valence-corrected chi connectivity index (χ2v) is 12.6. The molecule has 12 heteroatoms. The van der Waals surface area contributed by atoms with Crippen LogP contribution in [0.2, 0.25) is 0 Å². The van der Waals surface area contributed by atoms with Crippen molar-refractivity contribution in [3.8, 4) is 11.1 Å². The summed E-state index contributed by atoms with van der Waals surface area (Å²) in [4.78, 5) is 75.4. The highest BCUT2D eigenvalue weighted by Crippen LogP contribution is 2.47. The number of Topliss-reactive ketones (excluding diaryl/α,β-unsaturated/α-hetero) is 2. The molecule has 1 aromatic heterocycles. The van der Waals surface area contributed by atoms with E-state index in [1.54, 1.807) is 25.1 Å². The highest BCUT2D eigenvalue weighted by molar-refractivity contribution is 8.04. The number of H-pyrrole nitrogens is 1. The molecule has 0 radical (unpaired) electrons. The van der Waals surface area contributed by atoms with E-state index in [1.807, 2.05) is 48.5 Å². The van der Waals surface area contributed by atoms with Crippen molar-refractivity contribution in [2.24, 2.45) is 0 Å². The number of ether oxygens (including phenoxy) is 2. The predicted molar refractivity (Wildman–Crippen MR) is 176 cm³/mol. The summed E-state index contributed by atoms with van der Waals surface area (Å²) >= 11 is 1.01. The summed E-state index contributed by atoms with van der Waals surface area (Å²) in [5.41, 5.74) is 3.00. The Balaban J connectivity index is 1.15. The Hall–Kier alpha value is -5.49. The fourth-order valence-corrected chi connectivity index (χ4v) is 7.95. The van der Waals surface area contributed by atoms with Gasteiger partial charge < -0.3 is 25.1 Å². The van der Waals surface area contributed by atoms with E-state index in [1.165, 1.54) is 18.6 Å². The second kappa shape index (κ2) is 12.6. The van der Waals surface area contributed by atoms with E-state index in [0.29, 0.717) is 5.69 Å². The van der Waals surface area contributed by atoms with Crippen molar-refractivity contribution in [2.75, 3.05) is 19.0 Å². The Morgan fingerprint density at radius 1 is 0.917 bits per heavy atom. The molecule has 3 aromatic carbocycles. The Labute approximate surface area is 279 Å². The maximum absolute atomic E-state index is 14.1. The number of aromatic nitrogens is 2. The van der Waals surface area contributed by atoms with Gasteiger partial charge in [0.1, 0.15) is 12.6 Å². The molecule has 2 atom stereocenters. The molecule has 0 fully saturated rings. The van der Waals surface area contributed by atoms with Crippen LogP contribution >= 0.6 is 11.8 Å². The van der Waals surface area contributed by atoms with Crippen molar-refractivity contribution < 1.29 is 33.4 Å². The maximum Gasteiger partial charge on any atom is 0.407 e. The first-order valence-corrected chi connectivity index (χ1v) is 16.4. The van der Waals surface area contributed by atoms with Crippen LogP contribution in [0.15, 0.2) is 95.8 Å². The predicted octanol–water partition coefficient (Wildman–Crippen LogP) is 4.36. The largest absolute Gasteiger partial charge is 0.464 e. The van der Waals surface area contributed by atoms with Gasteiger partial charge in [0, 0.05) is 41.1 Å². The molecule has 11 nitrogen and oxygen atoms in total. The third-order valence-electron chi connectivity index (χ3n) is 8.83. The first-order valence-electron chi connectivity index (χ1n) is 15.5. The number of fused-ring (bicyclic) bond motifs is 4. The third-order valence-corrected chi connectivity index (χ3v) is 10.1.